The Balaban J connectivity index is 1.75. The van der Waals surface area contributed by atoms with Gasteiger partial charge in [0.15, 0.2) is 0 Å². The summed E-state index contributed by atoms with van der Waals surface area (Å²) in [5.41, 5.74) is 0.669. The molecule has 7 heteroatoms. The van der Waals surface area contributed by atoms with E-state index < -0.39 is 0 Å². The van der Waals surface area contributed by atoms with Crippen molar-refractivity contribution in [3.05, 3.63) is 58.8 Å². The fourth-order valence-electron chi connectivity index (χ4n) is 2.94. The first kappa shape index (κ1) is 16.3. The monoisotopic (exact) mass is 328 g/mol. The smallest absolute Gasteiger partial charge is 0.267 e. The van der Waals surface area contributed by atoms with Gasteiger partial charge in [0.2, 0.25) is 5.91 Å². The van der Waals surface area contributed by atoms with Crippen LogP contribution >= 0.6 is 0 Å². The Kier molecular flexibility index (Phi) is 5.32. The molecule has 1 aliphatic heterocycles. The van der Waals surface area contributed by atoms with Crippen LogP contribution in [0.15, 0.2) is 47.7 Å². The molecule has 0 aromatic carbocycles. The molecule has 0 unspecified atom stereocenters. The van der Waals surface area contributed by atoms with Crippen LogP contribution in [0.1, 0.15) is 24.4 Å². The third-order valence-corrected chi connectivity index (χ3v) is 4.18. The number of rotatable bonds is 5. The molecule has 0 saturated carbocycles. The number of nitrogens with zero attached hydrogens (tertiary/aromatic N) is 3. The van der Waals surface area contributed by atoms with Crippen LogP contribution in [-0.4, -0.2) is 33.9 Å². The Morgan fingerprint density at radius 2 is 2.08 bits per heavy atom. The molecule has 24 heavy (non-hydrogen) atoms. The van der Waals surface area contributed by atoms with E-state index in [0.717, 1.165) is 23.1 Å². The Morgan fingerprint density at radius 3 is 2.79 bits per heavy atom. The molecule has 1 fully saturated rings. The number of hydrogen-bond acceptors (Lipinski definition) is 5. The molecule has 1 saturated heterocycles. The van der Waals surface area contributed by atoms with Crippen LogP contribution in [0.2, 0.25) is 0 Å². The standard InChI is InChI=1S/C17H20N4O3/c22-15(12-21-16(23)4-2-8-19-21)20-17(13-5-9-24-10-6-13)14-3-1-7-18-11-14/h1-4,7-8,11,13,17H,5-6,9-10,12H2,(H,20,22)/t17-/m0/s1. The highest BCUT2D eigenvalue weighted by Crippen LogP contribution is 2.29. The highest BCUT2D eigenvalue weighted by molar-refractivity contribution is 5.76. The van der Waals surface area contributed by atoms with Gasteiger partial charge in [-0.2, -0.15) is 5.10 Å². The molecule has 7 nitrogen and oxygen atoms in total. The molecule has 1 N–H and O–H groups in total. The first-order chi connectivity index (χ1) is 11.7. The molecule has 126 valence electrons. The van der Waals surface area contributed by atoms with Crippen LogP contribution in [0.3, 0.4) is 0 Å². The predicted molar refractivity (Wildman–Crippen MR) is 87.2 cm³/mol. The zero-order chi connectivity index (χ0) is 16.8. The van der Waals surface area contributed by atoms with Gasteiger partial charge in [-0.05, 0) is 36.5 Å². The fourth-order valence-corrected chi connectivity index (χ4v) is 2.94. The van der Waals surface area contributed by atoms with Crippen LogP contribution in [0.4, 0.5) is 0 Å². The van der Waals surface area contributed by atoms with E-state index in [-0.39, 0.29) is 30.0 Å². The topological polar surface area (TPSA) is 86.1 Å². The van der Waals surface area contributed by atoms with Crippen molar-refractivity contribution in [3.8, 4) is 0 Å². The molecule has 1 aliphatic rings. The lowest BCUT2D eigenvalue weighted by Crippen LogP contribution is -2.39. The van der Waals surface area contributed by atoms with Crippen LogP contribution in [-0.2, 0) is 16.1 Å². The average Bonchev–Trinajstić information content (AvgIpc) is 2.63. The summed E-state index contributed by atoms with van der Waals surface area (Å²) in [4.78, 5) is 28.3. The van der Waals surface area contributed by atoms with Gasteiger partial charge < -0.3 is 10.1 Å². The lowest BCUT2D eigenvalue weighted by atomic mass is 9.87. The molecular weight excluding hydrogens is 308 g/mol. The summed E-state index contributed by atoms with van der Waals surface area (Å²) in [5, 5.41) is 6.97. The van der Waals surface area contributed by atoms with Gasteiger partial charge in [-0.25, -0.2) is 4.68 Å². The van der Waals surface area contributed by atoms with E-state index in [4.69, 9.17) is 4.74 Å². The minimum atomic E-state index is -0.295. The second-order valence-electron chi connectivity index (χ2n) is 5.80. The van der Waals surface area contributed by atoms with Crippen LogP contribution in [0.5, 0.6) is 0 Å². The first-order valence-corrected chi connectivity index (χ1v) is 8.03. The maximum atomic E-state index is 12.4. The Bertz CT molecular complexity index is 726. The average molecular weight is 328 g/mol. The molecule has 1 amide bonds. The van der Waals surface area contributed by atoms with E-state index in [1.807, 2.05) is 12.1 Å². The summed E-state index contributed by atoms with van der Waals surface area (Å²) in [6.07, 6.45) is 6.73. The lowest BCUT2D eigenvalue weighted by molar-refractivity contribution is -0.123. The van der Waals surface area contributed by atoms with E-state index in [1.54, 1.807) is 18.5 Å². The number of hydrogen-bond donors (Lipinski definition) is 1. The van der Waals surface area contributed by atoms with Crippen molar-refractivity contribution in [3.63, 3.8) is 0 Å². The van der Waals surface area contributed by atoms with Crippen molar-refractivity contribution in [1.82, 2.24) is 20.1 Å². The van der Waals surface area contributed by atoms with Crippen molar-refractivity contribution < 1.29 is 9.53 Å². The highest BCUT2D eigenvalue weighted by atomic mass is 16.5. The summed E-state index contributed by atoms with van der Waals surface area (Å²) in [7, 11) is 0. The normalized spacial score (nSPS) is 16.5. The van der Waals surface area contributed by atoms with Gasteiger partial charge in [0.1, 0.15) is 6.54 Å². The third kappa shape index (κ3) is 4.05. The van der Waals surface area contributed by atoms with Gasteiger partial charge >= 0.3 is 0 Å². The van der Waals surface area contributed by atoms with Crippen LogP contribution in [0, 0.1) is 5.92 Å². The lowest BCUT2D eigenvalue weighted by Gasteiger charge is -2.31. The highest BCUT2D eigenvalue weighted by Gasteiger charge is 2.27. The molecule has 0 aliphatic carbocycles. The first-order valence-electron chi connectivity index (χ1n) is 8.03. The number of nitrogens with one attached hydrogen (secondary N) is 1. The number of carbonyl (C=O) groups excluding carboxylic acids is 1. The molecule has 2 aromatic heterocycles. The predicted octanol–water partition coefficient (Wildman–Crippen LogP) is 0.922. The number of aromatic nitrogens is 3. The summed E-state index contributed by atoms with van der Waals surface area (Å²) in [6.45, 7) is 1.29. The van der Waals surface area contributed by atoms with Crippen molar-refractivity contribution in [2.45, 2.75) is 25.4 Å². The van der Waals surface area contributed by atoms with Crippen LogP contribution < -0.4 is 10.9 Å². The number of carbonyl (C=O) groups is 1. The Hall–Kier alpha value is -2.54. The van der Waals surface area contributed by atoms with Gasteiger partial charge in [0.25, 0.3) is 5.56 Å². The molecule has 0 radical (unpaired) electrons. The van der Waals surface area contributed by atoms with Crippen LogP contribution in [0.25, 0.3) is 0 Å². The SMILES string of the molecule is O=C(Cn1ncccc1=O)N[C@H](c1cccnc1)C1CCOCC1. The summed E-state index contributed by atoms with van der Waals surface area (Å²) in [6, 6.07) is 6.61. The second kappa shape index (κ2) is 7.83. The van der Waals surface area contributed by atoms with Crippen molar-refractivity contribution in [2.75, 3.05) is 13.2 Å². The fraction of sp³-hybridized carbons (Fsp3) is 0.412. The molecule has 3 rings (SSSR count). The molecule has 2 aromatic rings. The minimum Gasteiger partial charge on any atom is -0.381 e. The van der Waals surface area contributed by atoms with E-state index in [2.05, 4.69) is 15.4 Å². The molecule has 3 heterocycles. The van der Waals surface area contributed by atoms with Gasteiger partial charge in [-0.1, -0.05) is 6.07 Å². The largest absolute Gasteiger partial charge is 0.381 e. The third-order valence-electron chi connectivity index (χ3n) is 4.18. The Morgan fingerprint density at radius 1 is 1.29 bits per heavy atom. The molecule has 1 atom stereocenters. The molecule has 0 spiro atoms. The summed E-state index contributed by atoms with van der Waals surface area (Å²) >= 11 is 0. The zero-order valence-electron chi connectivity index (χ0n) is 13.3. The van der Waals surface area contributed by atoms with Gasteiger partial charge in [-0.15, -0.1) is 0 Å². The van der Waals surface area contributed by atoms with Crippen molar-refractivity contribution in [2.24, 2.45) is 5.92 Å². The molecule has 0 bridgehead atoms. The van der Waals surface area contributed by atoms with E-state index in [9.17, 15) is 9.59 Å². The second-order valence-corrected chi connectivity index (χ2v) is 5.80. The number of pyridine rings is 1. The van der Waals surface area contributed by atoms with Gasteiger partial charge in [-0.3, -0.25) is 14.6 Å². The maximum absolute atomic E-state index is 12.4. The summed E-state index contributed by atoms with van der Waals surface area (Å²) in [5.74, 6) is 0.0449. The zero-order valence-corrected chi connectivity index (χ0v) is 13.3. The quantitative estimate of drug-likeness (QED) is 0.882. The van der Waals surface area contributed by atoms with E-state index in [1.165, 1.54) is 12.3 Å². The van der Waals surface area contributed by atoms with E-state index >= 15 is 0 Å². The Labute approximate surface area is 139 Å². The van der Waals surface area contributed by atoms with Gasteiger partial charge in [0.05, 0.1) is 6.04 Å². The maximum Gasteiger partial charge on any atom is 0.267 e. The van der Waals surface area contributed by atoms with Crippen molar-refractivity contribution >= 4 is 5.91 Å². The number of ether oxygens (including phenoxy) is 1. The number of amides is 1. The molecular formula is C17H20N4O3. The van der Waals surface area contributed by atoms with Gasteiger partial charge in [0, 0.05) is 37.9 Å². The van der Waals surface area contributed by atoms with Crippen molar-refractivity contribution in [1.29, 1.82) is 0 Å². The summed E-state index contributed by atoms with van der Waals surface area (Å²) < 4.78 is 6.57. The van der Waals surface area contributed by atoms with E-state index in [0.29, 0.717) is 13.2 Å². The minimum absolute atomic E-state index is 0.0976.